The number of aryl methyl sites for hydroxylation is 1. The number of rotatable bonds is 6. The Bertz CT molecular complexity index is 1470. The zero-order valence-electron chi connectivity index (χ0n) is 20.2. The van der Waals surface area contributed by atoms with E-state index in [1.54, 1.807) is 6.07 Å². The Morgan fingerprint density at radius 3 is 2.54 bits per heavy atom. The van der Waals surface area contributed by atoms with E-state index in [-0.39, 0.29) is 28.5 Å². The number of carbonyl (C=O) groups is 1. The largest absolute Gasteiger partial charge is 0.507 e. The summed E-state index contributed by atoms with van der Waals surface area (Å²) in [6.07, 6.45) is 1.00. The van der Waals surface area contributed by atoms with Crippen LogP contribution in [0.1, 0.15) is 22.3 Å². The molecule has 1 fully saturated rings. The maximum absolute atomic E-state index is 13.8. The molecule has 1 unspecified atom stereocenters. The summed E-state index contributed by atoms with van der Waals surface area (Å²) in [6.45, 7) is 3.72. The topological polar surface area (TPSA) is 70.6 Å². The molecule has 0 radical (unpaired) electrons. The van der Waals surface area contributed by atoms with Crippen LogP contribution in [0.15, 0.2) is 78.9 Å². The number of hydrogen-bond donors (Lipinski definition) is 3. The summed E-state index contributed by atoms with van der Waals surface area (Å²) in [4.78, 5) is 13.1. The Morgan fingerprint density at radius 1 is 0.946 bits per heavy atom. The van der Waals surface area contributed by atoms with Gasteiger partial charge in [-0.1, -0.05) is 35.9 Å². The summed E-state index contributed by atoms with van der Waals surface area (Å²) < 4.78 is 33.4. The van der Waals surface area contributed by atoms with Crippen LogP contribution in [0.5, 0.6) is 11.5 Å². The quantitative estimate of drug-likeness (QED) is 0.290. The zero-order chi connectivity index (χ0) is 25.9. The lowest BCUT2D eigenvalue weighted by molar-refractivity contribution is 0.102. The van der Waals surface area contributed by atoms with Crippen molar-refractivity contribution in [3.05, 3.63) is 102 Å². The fourth-order valence-corrected chi connectivity index (χ4v) is 4.43. The van der Waals surface area contributed by atoms with Gasteiger partial charge in [-0.05, 0) is 79.5 Å². The Labute approximate surface area is 213 Å². The SMILES string of the molecule is Cc1cccc(-c2cc(NC(=O)c3ccc(O)c(-c4ccc(F)c(F)c4)c3)ccc2OC2CCNC2)c1. The van der Waals surface area contributed by atoms with Crippen molar-refractivity contribution in [2.75, 3.05) is 18.4 Å². The van der Waals surface area contributed by atoms with E-state index in [1.165, 1.54) is 24.3 Å². The number of carbonyl (C=O) groups excluding carboxylic acids is 1. The second-order valence-electron chi connectivity index (χ2n) is 9.13. The molecular weight excluding hydrogens is 474 g/mol. The first-order valence-electron chi connectivity index (χ1n) is 12.1. The van der Waals surface area contributed by atoms with Crippen LogP contribution in [0.3, 0.4) is 0 Å². The molecule has 1 atom stereocenters. The van der Waals surface area contributed by atoms with Crippen LogP contribution in [-0.2, 0) is 0 Å². The highest BCUT2D eigenvalue weighted by molar-refractivity contribution is 6.05. The van der Waals surface area contributed by atoms with Crippen molar-refractivity contribution in [1.29, 1.82) is 0 Å². The van der Waals surface area contributed by atoms with Gasteiger partial charge in [0.05, 0.1) is 0 Å². The van der Waals surface area contributed by atoms with Crippen LogP contribution in [0.25, 0.3) is 22.3 Å². The van der Waals surface area contributed by atoms with E-state index < -0.39 is 17.5 Å². The highest BCUT2D eigenvalue weighted by Gasteiger charge is 2.19. The Balaban J connectivity index is 1.44. The molecule has 0 aliphatic carbocycles. The summed E-state index contributed by atoms with van der Waals surface area (Å²) in [5.41, 5.74) is 4.25. The Kier molecular flexibility index (Phi) is 6.88. The highest BCUT2D eigenvalue weighted by Crippen LogP contribution is 2.35. The van der Waals surface area contributed by atoms with Gasteiger partial charge in [-0.15, -0.1) is 0 Å². The second-order valence-corrected chi connectivity index (χ2v) is 9.13. The molecule has 3 N–H and O–H groups in total. The normalized spacial score (nSPS) is 14.9. The first-order chi connectivity index (χ1) is 17.9. The molecule has 5 rings (SSSR count). The molecule has 1 aliphatic heterocycles. The number of amides is 1. The number of ether oxygens (including phenoxy) is 1. The van der Waals surface area contributed by atoms with Crippen molar-refractivity contribution < 1.29 is 23.4 Å². The summed E-state index contributed by atoms with van der Waals surface area (Å²) >= 11 is 0. The fraction of sp³-hybridized carbons (Fsp3) is 0.167. The highest BCUT2D eigenvalue weighted by atomic mass is 19.2. The third kappa shape index (κ3) is 5.47. The van der Waals surface area contributed by atoms with Crippen molar-refractivity contribution in [3.63, 3.8) is 0 Å². The average molecular weight is 501 g/mol. The molecule has 37 heavy (non-hydrogen) atoms. The lowest BCUT2D eigenvalue weighted by Crippen LogP contribution is -2.20. The van der Waals surface area contributed by atoms with Gasteiger partial charge in [-0.2, -0.15) is 0 Å². The van der Waals surface area contributed by atoms with Crippen molar-refractivity contribution >= 4 is 11.6 Å². The van der Waals surface area contributed by atoms with Crippen LogP contribution in [-0.4, -0.2) is 30.2 Å². The fourth-order valence-electron chi connectivity index (χ4n) is 4.43. The van der Waals surface area contributed by atoms with Crippen molar-refractivity contribution in [3.8, 4) is 33.8 Å². The molecule has 0 bridgehead atoms. The molecule has 5 nitrogen and oxygen atoms in total. The Morgan fingerprint density at radius 2 is 1.78 bits per heavy atom. The molecule has 188 valence electrons. The molecule has 1 heterocycles. The van der Waals surface area contributed by atoms with E-state index in [0.29, 0.717) is 5.69 Å². The second kappa shape index (κ2) is 10.4. The first-order valence-corrected chi connectivity index (χ1v) is 12.1. The van der Waals surface area contributed by atoms with Crippen molar-refractivity contribution in [2.24, 2.45) is 0 Å². The smallest absolute Gasteiger partial charge is 0.255 e. The van der Waals surface area contributed by atoms with Gasteiger partial charge in [0.25, 0.3) is 5.91 Å². The van der Waals surface area contributed by atoms with Gasteiger partial charge in [-0.25, -0.2) is 8.78 Å². The summed E-state index contributed by atoms with van der Waals surface area (Å²) in [7, 11) is 0. The van der Waals surface area contributed by atoms with Gasteiger partial charge < -0.3 is 20.5 Å². The van der Waals surface area contributed by atoms with Crippen LogP contribution in [0.2, 0.25) is 0 Å². The minimum atomic E-state index is -1.04. The average Bonchev–Trinajstić information content (AvgIpc) is 3.40. The van der Waals surface area contributed by atoms with E-state index in [0.717, 1.165) is 54.1 Å². The lowest BCUT2D eigenvalue weighted by atomic mass is 10.0. The molecule has 4 aromatic carbocycles. The van der Waals surface area contributed by atoms with E-state index in [4.69, 9.17) is 4.74 Å². The van der Waals surface area contributed by atoms with Crippen molar-refractivity contribution in [2.45, 2.75) is 19.4 Å². The number of benzene rings is 4. The van der Waals surface area contributed by atoms with E-state index in [1.807, 2.05) is 37.3 Å². The van der Waals surface area contributed by atoms with Gasteiger partial charge >= 0.3 is 0 Å². The monoisotopic (exact) mass is 500 g/mol. The van der Waals surface area contributed by atoms with Gasteiger partial charge in [-0.3, -0.25) is 4.79 Å². The summed E-state index contributed by atoms with van der Waals surface area (Å²) in [5, 5.41) is 16.5. The van der Waals surface area contributed by atoms with Gasteiger partial charge in [0, 0.05) is 28.9 Å². The van der Waals surface area contributed by atoms with Gasteiger partial charge in [0.2, 0.25) is 0 Å². The number of anilines is 1. The number of hydrogen-bond acceptors (Lipinski definition) is 4. The van der Waals surface area contributed by atoms with E-state index >= 15 is 0 Å². The number of nitrogens with one attached hydrogen (secondary N) is 2. The number of phenolic OH excluding ortho intramolecular Hbond substituents is 1. The van der Waals surface area contributed by atoms with Crippen LogP contribution < -0.4 is 15.4 Å². The van der Waals surface area contributed by atoms with Crippen molar-refractivity contribution in [1.82, 2.24) is 5.32 Å². The van der Waals surface area contributed by atoms with E-state index in [9.17, 15) is 18.7 Å². The molecule has 1 saturated heterocycles. The molecule has 0 aromatic heterocycles. The molecule has 1 amide bonds. The third-order valence-electron chi connectivity index (χ3n) is 6.36. The summed E-state index contributed by atoms with van der Waals surface area (Å²) in [5.74, 6) is -1.84. The standard InChI is InChI=1S/C30H26F2N2O3/c1-18-3-2-4-19(13-18)25-16-22(7-10-29(25)37-23-11-12-33-17-23)34-30(36)21-6-9-28(35)24(14-21)20-5-8-26(31)27(32)15-20/h2-10,13-16,23,33,35H,11-12,17H2,1H3,(H,34,36). The lowest BCUT2D eigenvalue weighted by Gasteiger charge is -2.18. The maximum atomic E-state index is 13.8. The van der Waals surface area contributed by atoms with Gasteiger partial charge in [0.1, 0.15) is 17.6 Å². The molecular formula is C30H26F2N2O3. The third-order valence-corrected chi connectivity index (χ3v) is 6.36. The Hall–Kier alpha value is -4.23. The number of phenols is 1. The minimum absolute atomic E-state index is 0.0794. The summed E-state index contributed by atoms with van der Waals surface area (Å²) in [6, 6.07) is 21.2. The zero-order valence-corrected chi connectivity index (χ0v) is 20.2. The predicted molar refractivity (Wildman–Crippen MR) is 140 cm³/mol. The minimum Gasteiger partial charge on any atom is -0.507 e. The molecule has 7 heteroatoms. The first kappa shape index (κ1) is 24.5. The number of halogens is 2. The molecule has 0 spiro atoms. The van der Waals surface area contributed by atoms with Crippen LogP contribution >= 0.6 is 0 Å². The predicted octanol–water partition coefficient (Wildman–Crippen LogP) is 6.31. The van der Waals surface area contributed by atoms with E-state index in [2.05, 4.69) is 16.7 Å². The number of aromatic hydroxyl groups is 1. The van der Waals surface area contributed by atoms with Gasteiger partial charge in [0.15, 0.2) is 11.6 Å². The molecule has 1 aliphatic rings. The maximum Gasteiger partial charge on any atom is 0.255 e. The molecule has 4 aromatic rings. The van der Waals surface area contributed by atoms with Crippen LogP contribution in [0.4, 0.5) is 14.5 Å². The van der Waals surface area contributed by atoms with Crippen LogP contribution in [0, 0.1) is 18.6 Å². The molecule has 0 saturated carbocycles.